The Morgan fingerprint density at radius 2 is 2.19 bits per heavy atom. The number of aromatic nitrogens is 1. The molecule has 1 aliphatic rings. The van der Waals surface area contributed by atoms with Gasteiger partial charge in [-0.2, -0.15) is 0 Å². The van der Waals surface area contributed by atoms with Crippen LogP contribution in [0, 0.1) is 11.8 Å². The number of anilines is 1. The molecule has 1 aromatic rings. The number of carbonyl (C=O) groups is 2. The molecule has 0 spiro atoms. The number of carbonyl (C=O) groups excluding carboxylic acids is 2. The Kier molecular flexibility index (Phi) is 7.07. The minimum atomic E-state index is -0.507. The number of hydrogen-bond donors (Lipinski definition) is 3. The average molecular weight is 333 g/mol. The van der Waals surface area contributed by atoms with E-state index in [2.05, 4.69) is 20.9 Å². The molecular formula is C13H21ClN4O2S. The first kappa shape index (κ1) is 17.9. The van der Waals surface area contributed by atoms with Crippen molar-refractivity contribution in [3.8, 4) is 0 Å². The van der Waals surface area contributed by atoms with Gasteiger partial charge in [-0.15, -0.1) is 23.7 Å². The first-order chi connectivity index (χ1) is 9.56. The van der Waals surface area contributed by atoms with Gasteiger partial charge in [-0.05, 0) is 12.3 Å². The molecule has 1 saturated heterocycles. The Morgan fingerprint density at radius 3 is 2.67 bits per heavy atom. The summed E-state index contributed by atoms with van der Waals surface area (Å²) in [5.74, 6) is 0.0529. The number of nitrogens with one attached hydrogen (secondary N) is 3. The first-order valence-electron chi connectivity index (χ1n) is 6.77. The van der Waals surface area contributed by atoms with E-state index in [0.29, 0.717) is 30.6 Å². The molecule has 1 fully saturated rings. The molecule has 118 valence electrons. The molecule has 1 aliphatic heterocycles. The largest absolute Gasteiger partial charge is 0.344 e. The number of hydrogen-bond acceptors (Lipinski definition) is 5. The van der Waals surface area contributed by atoms with E-state index in [9.17, 15) is 9.59 Å². The van der Waals surface area contributed by atoms with Gasteiger partial charge >= 0.3 is 0 Å². The molecule has 0 saturated carbocycles. The summed E-state index contributed by atoms with van der Waals surface area (Å²) in [6.07, 6.45) is 2.25. The van der Waals surface area contributed by atoms with Crippen LogP contribution in [0.2, 0.25) is 0 Å². The van der Waals surface area contributed by atoms with E-state index in [0.717, 1.165) is 0 Å². The summed E-state index contributed by atoms with van der Waals surface area (Å²) < 4.78 is 0. The maximum Gasteiger partial charge on any atom is 0.248 e. The summed E-state index contributed by atoms with van der Waals surface area (Å²) in [4.78, 5) is 28.2. The van der Waals surface area contributed by atoms with Gasteiger partial charge in [0.2, 0.25) is 11.8 Å². The monoisotopic (exact) mass is 332 g/mol. The van der Waals surface area contributed by atoms with Gasteiger partial charge in [-0.25, -0.2) is 4.98 Å². The van der Waals surface area contributed by atoms with Crippen molar-refractivity contribution in [2.24, 2.45) is 11.8 Å². The van der Waals surface area contributed by atoms with E-state index in [4.69, 9.17) is 0 Å². The number of halogens is 1. The molecular weight excluding hydrogens is 312 g/mol. The van der Waals surface area contributed by atoms with Crippen molar-refractivity contribution in [3.05, 3.63) is 11.6 Å². The molecule has 8 heteroatoms. The molecule has 1 aromatic heterocycles. The lowest BCUT2D eigenvalue weighted by molar-refractivity contribution is -0.130. The van der Waals surface area contributed by atoms with Crippen LogP contribution in [0.25, 0.3) is 0 Å². The lowest BCUT2D eigenvalue weighted by Crippen LogP contribution is -2.55. The highest BCUT2D eigenvalue weighted by Crippen LogP contribution is 2.13. The fourth-order valence-corrected chi connectivity index (χ4v) is 2.48. The third-order valence-electron chi connectivity index (χ3n) is 3.15. The molecule has 0 bridgehead atoms. The molecule has 2 rings (SSSR count). The number of nitrogens with zero attached hydrogens (tertiary/aromatic N) is 1. The molecule has 1 atom stereocenters. The smallest absolute Gasteiger partial charge is 0.248 e. The zero-order chi connectivity index (χ0) is 14.5. The second kappa shape index (κ2) is 8.31. The highest BCUT2D eigenvalue weighted by atomic mass is 35.5. The predicted octanol–water partition coefficient (Wildman–Crippen LogP) is 1.25. The lowest BCUT2D eigenvalue weighted by Gasteiger charge is -2.28. The summed E-state index contributed by atoms with van der Waals surface area (Å²) in [5.41, 5.74) is 0. The Hall–Kier alpha value is -1.18. The van der Waals surface area contributed by atoms with Gasteiger partial charge in [0.05, 0.1) is 5.92 Å². The molecule has 0 aliphatic carbocycles. The summed E-state index contributed by atoms with van der Waals surface area (Å²) in [5, 5.41) is 11.0. The van der Waals surface area contributed by atoms with Crippen LogP contribution in [0.1, 0.15) is 20.3 Å². The predicted molar refractivity (Wildman–Crippen MR) is 85.7 cm³/mol. The second-order valence-electron chi connectivity index (χ2n) is 5.37. The van der Waals surface area contributed by atoms with Gasteiger partial charge in [0.15, 0.2) is 5.13 Å². The quantitative estimate of drug-likeness (QED) is 0.732. The van der Waals surface area contributed by atoms with E-state index < -0.39 is 6.04 Å². The van der Waals surface area contributed by atoms with E-state index in [1.165, 1.54) is 11.3 Å². The molecule has 0 aromatic carbocycles. The van der Waals surface area contributed by atoms with Gasteiger partial charge in [0.25, 0.3) is 0 Å². The fraction of sp³-hybridized carbons (Fsp3) is 0.615. The van der Waals surface area contributed by atoms with Gasteiger partial charge < -0.3 is 16.0 Å². The van der Waals surface area contributed by atoms with E-state index in [1.807, 2.05) is 13.8 Å². The van der Waals surface area contributed by atoms with Crippen LogP contribution in [0.4, 0.5) is 5.13 Å². The van der Waals surface area contributed by atoms with Crippen molar-refractivity contribution < 1.29 is 9.59 Å². The molecule has 0 radical (unpaired) electrons. The van der Waals surface area contributed by atoms with Crippen LogP contribution in [0.5, 0.6) is 0 Å². The van der Waals surface area contributed by atoms with Gasteiger partial charge in [-0.3, -0.25) is 9.59 Å². The van der Waals surface area contributed by atoms with Crippen molar-refractivity contribution in [1.82, 2.24) is 15.6 Å². The van der Waals surface area contributed by atoms with Gasteiger partial charge in [0.1, 0.15) is 6.04 Å². The van der Waals surface area contributed by atoms with Crippen LogP contribution in [0.15, 0.2) is 11.6 Å². The Labute approximate surface area is 134 Å². The van der Waals surface area contributed by atoms with Gasteiger partial charge in [-0.1, -0.05) is 13.8 Å². The maximum atomic E-state index is 12.2. The van der Waals surface area contributed by atoms with Crippen LogP contribution in [-0.4, -0.2) is 35.9 Å². The van der Waals surface area contributed by atoms with Gasteiger partial charge in [0, 0.05) is 24.7 Å². The first-order valence-corrected chi connectivity index (χ1v) is 7.65. The van der Waals surface area contributed by atoms with E-state index >= 15 is 0 Å². The number of amides is 2. The Morgan fingerprint density at radius 1 is 1.48 bits per heavy atom. The van der Waals surface area contributed by atoms with Crippen LogP contribution >= 0.6 is 23.7 Å². The van der Waals surface area contributed by atoms with Crippen molar-refractivity contribution in [2.45, 2.75) is 26.3 Å². The summed E-state index contributed by atoms with van der Waals surface area (Å²) in [7, 11) is 0. The fourth-order valence-electron chi connectivity index (χ4n) is 1.94. The van der Waals surface area contributed by atoms with Crippen LogP contribution in [-0.2, 0) is 9.59 Å². The number of thiazole rings is 1. The highest BCUT2D eigenvalue weighted by Gasteiger charge is 2.29. The van der Waals surface area contributed by atoms with Crippen molar-refractivity contribution in [2.75, 3.05) is 18.4 Å². The Bertz CT molecular complexity index is 463. The van der Waals surface area contributed by atoms with Crippen molar-refractivity contribution in [3.63, 3.8) is 0 Å². The molecule has 21 heavy (non-hydrogen) atoms. The zero-order valence-electron chi connectivity index (χ0n) is 12.1. The third kappa shape index (κ3) is 5.26. The van der Waals surface area contributed by atoms with E-state index in [-0.39, 0.29) is 30.1 Å². The third-order valence-corrected chi connectivity index (χ3v) is 3.84. The van der Waals surface area contributed by atoms with Crippen LogP contribution < -0.4 is 16.0 Å². The van der Waals surface area contributed by atoms with Crippen molar-refractivity contribution in [1.29, 1.82) is 0 Å². The second-order valence-corrected chi connectivity index (χ2v) is 6.27. The zero-order valence-corrected chi connectivity index (χ0v) is 13.7. The van der Waals surface area contributed by atoms with E-state index in [1.54, 1.807) is 11.6 Å². The maximum absolute atomic E-state index is 12.2. The summed E-state index contributed by atoms with van der Waals surface area (Å²) >= 11 is 1.36. The summed E-state index contributed by atoms with van der Waals surface area (Å²) in [6, 6.07) is -0.507. The lowest BCUT2D eigenvalue weighted by atomic mass is 9.99. The van der Waals surface area contributed by atoms with Crippen LogP contribution in [0.3, 0.4) is 0 Å². The molecule has 2 amide bonds. The average Bonchev–Trinajstić information content (AvgIpc) is 2.77. The minimum Gasteiger partial charge on any atom is -0.344 e. The molecule has 6 nitrogen and oxygen atoms in total. The molecule has 1 unspecified atom stereocenters. The molecule has 2 heterocycles. The minimum absolute atomic E-state index is 0. The Balaban J connectivity index is 0.00000220. The normalized spacial score (nSPS) is 15.8. The topological polar surface area (TPSA) is 83.1 Å². The SMILES string of the molecule is CC(C)CC(NC(=O)C1CNC1)C(=O)Nc1nccs1.Cl. The molecule has 3 N–H and O–H groups in total. The highest BCUT2D eigenvalue weighted by molar-refractivity contribution is 7.13. The standard InChI is InChI=1S/C13H20N4O2S.ClH/c1-8(2)5-10(16-11(18)9-6-14-7-9)12(19)17-13-15-3-4-20-13;/h3-4,8-10,14H,5-7H2,1-2H3,(H,16,18)(H,15,17,19);1H. The number of rotatable bonds is 6. The van der Waals surface area contributed by atoms with Crippen molar-refractivity contribution >= 4 is 40.7 Å². The summed E-state index contributed by atoms with van der Waals surface area (Å²) in [6.45, 7) is 5.43.